The van der Waals surface area contributed by atoms with Crippen molar-refractivity contribution < 1.29 is 4.74 Å². The second-order valence-electron chi connectivity index (χ2n) is 5.34. The SMILES string of the molecule is CCCc1nc(N2CCOCC2)sc1C(C)(C)N. The largest absolute Gasteiger partial charge is 0.378 e. The number of hydrogen-bond acceptors (Lipinski definition) is 5. The molecule has 1 fully saturated rings. The van der Waals surface area contributed by atoms with Gasteiger partial charge in [-0.25, -0.2) is 4.98 Å². The first-order chi connectivity index (χ1) is 8.52. The number of morpholine rings is 1. The maximum Gasteiger partial charge on any atom is 0.186 e. The highest BCUT2D eigenvalue weighted by Crippen LogP contribution is 2.34. The van der Waals surface area contributed by atoms with E-state index in [1.165, 1.54) is 10.6 Å². The third-order valence-electron chi connectivity index (χ3n) is 3.04. The minimum absolute atomic E-state index is 0.299. The van der Waals surface area contributed by atoms with E-state index in [9.17, 15) is 0 Å². The fourth-order valence-electron chi connectivity index (χ4n) is 2.14. The predicted octanol–water partition coefficient (Wildman–Crippen LogP) is 2.13. The zero-order valence-electron chi connectivity index (χ0n) is 11.5. The maximum absolute atomic E-state index is 6.26. The zero-order valence-corrected chi connectivity index (χ0v) is 12.3. The van der Waals surface area contributed by atoms with Crippen LogP contribution >= 0.6 is 11.3 Å². The van der Waals surface area contributed by atoms with Gasteiger partial charge in [0.1, 0.15) is 0 Å². The van der Waals surface area contributed by atoms with E-state index in [1.54, 1.807) is 11.3 Å². The summed E-state index contributed by atoms with van der Waals surface area (Å²) in [4.78, 5) is 8.33. The molecule has 2 rings (SSSR count). The van der Waals surface area contributed by atoms with Crippen LogP contribution in [0.1, 0.15) is 37.8 Å². The number of rotatable bonds is 4. The molecule has 1 saturated heterocycles. The number of ether oxygens (including phenoxy) is 1. The van der Waals surface area contributed by atoms with Crippen molar-refractivity contribution in [2.45, 2.75) is 39.2 Å². The molecule has 0 spiro atoms. The molecule has 0 atom stereocenters. The molecule has 1 aromatic heterocycles. The lowest BCUT2D eigenvalue weighted by atomic mass is 10.0. The van der Waals surface area contributed by atoms with E-state index in [0.29, 0.717) is 0 Å². The Bertz CT molecular complexity index is 391. The minimum atomic E-state index is -0.299. The molecule has 2 heterocycles. The molecule has 0 aliphatic carbocycles. The van der Waals surface area contributed by atoms with Gasteiger partial charge in [0.05, 0.1) is 18.9 Å². The predicted molar refractivity (Wildman–Crippen MR) is 76.4 cm³/mol. The molecule has 0 saturated carbocycles. The summed E-state index contributed by atoms with van der Waals surface area (Å²) in [6, 6.07) is 0. The monoisotopic (exact) mass is 269 g/mol. The molecule has 0 aromatic carbocycles. The van der Waals surface area contributed by atoms with E-state index >= 15 is 0 Å². The first-order valence-electron chi connectivity index (χ1n) is 6.64. The van der Waals surface area contributed by atoms with Gasteiger partial charge in [0.2, 0.25) is 0 Å². The molecule has 2 N–H and O–H groups in total. The fraction of sp³-hybridized carbons (Fsp3) is 0.769. The Kier molecular flexibility index (Phi) is 4.25. The summed E-state index contributed by atoms with van der Waals surface area (Å²) >= 11 is 1.75. The van der Waals surface area contributed by atoms with Gasteiger partial charge < -0.3 is 15.4 Å². The first-order valence-corrected chi connectivity index (χ1v) is 7.45. The number of nitrogens with zero attached hydrogens (tertiary/aromatic N) is 2. The second kappa shape index (κ2) is 5.55. The summed E-state index contributed by atoms with van der Waals surface area (Å²) < 4.78 is 5.38. The van der Waals surface area contributed by atoms with E-state index in [0.717, 1.165) is 44.3 Å². The van der Waals surface area contributed by atoms with Crippen molar-refractivity contribution in [2.24, 2.45) is 5.73 Å². The molecule has 1 aliphatic rings. The van der Waals surface area contributed by atoms with Crippen LogP contribution in [0.25, 0.3) is 0 Å². The molecule has 18 heavy (non-hydrogen) atoms. The van der Waals surface area contributed by atoms with Crippen molar-refractivity contribution in [1.29, 1.82) is 0 Å². The summed E-state index contributed by atoms with van der Waals surface area (Å²) in [5.41, 5.74) is 7.14. The molecule has 5 heteroatoms. The Morgan fingerprint density at radius 1 is 1.39 bits per heavy atom. The number of anilines is 1. The lowest BCUT2D eigenvalue weighted by molar-refractivity contribution is 0.122. The molecule has 0 amide bonds. The fourth-order valence-corrected chi connectivity index (χ4v) is 3.32. The number of aryl methyl sites for hydroxylation is 1. The van der Waals surface area contributed by atoms with Crippen LogP contribution in [0.3, 0.4) is 0 Å². The third-order valence-corrected chi connectivity index (χ3v) is 4.54. The molecule has 0 bridgehead atoms. The molecule has 4 nitrogen and oxygen atoms in total. The Balaban J connectivity index is 2.26. The van der Waals surface area contributed by atoms with Crippen LogP contribution in [0.15, 0.2) is 0 Å². The Morgan fingerprint density at radius 2 is 2.06 bits per heavy atom. The van der Waals surface area contributed by atoms with Gasteiger partial charge in [0.25, 0.3) is 0 Å². The Morgan fingerprint density at radius 3 is 2.61 bits per heavy atom. The molecule has 102 valence electrons. The van der Waals surface area contributed by atoms with Crippen LogP contribution < -0.4 is 10.6 Å². The van der Waals surface area contributed by atoms with Crippen LogP contribution in [0.5, 0.6) is 0 Å². The molecular weight excluding hydrogens is 246 g/mol. The standard InChI is InChI=1S/C13H23N3OS/c1-4-5-10-11(13(2,3)14)18-12(15-10)16-6-8-17-9-7-16/h4-9,14H2,1-3H3. The third kappa shape index (κ3) is 3.02. The highest BCUT2D eigenvalue weighted by atomic mass is 32.1. The Labute approximate surface area is 113 Å². The van der Waals surface area contributed by atoms with Crippen molar-refractivity contribution in [3.05, 3.63) is 10.6 Å². The van der Waals surface area contributed by atoms with Crippen molar-refractivity contribution in [2.75, 3.05) is 31.2 Å². The van der Waals surface area contributed by atoms with Crippen LogP contribution in [0, 0.1) is 0 Å². The van der Waals surface area contributed by atoms with E-state index in [-0.39, 0.29) is 5.54 Å². The van der Waals surface area contributed by atoms with Gasteiger partial charge in [-0.2, -0.15) is 0 Å². The Hall–Kier alpha value is -0.650. The summed E-state index contributed by atoms with van der Waals surface area (Å²) in [6.07, 6.45) is 2.12. The van der Waals surface area contributed by atoms with E-state index in [2.05, 4.69) is 25.7 Å². The van der Waals surface area contributed by atoms with Gasteiger partial charge in [-0.3, -0.25) is 0 Å². The summed E-state index contributed by atoms with van der Waals surface area (Å²) in [7, 11) is 0. The van der Waals surface area contributed by atoms with Crippen LogP contribution in [0.2, 0.25) is 0 Å². The number of thiazole rings is 1. The van der Waals surface area contributed by atoms with E-state index in [4.69, 9.17) is 15.5 Å². The average molecular weight is 269 g/mol. The molecule has 0 radical (unpaired) electrons. The van der Waals surface area contributed by atoms with E-state index in [1.807, 2.05) is 0 Å². The molecular formula is C13H23N3OS. The average Bonchev–Trinajstić information content (AvgIpc) is 2.75. The zero-order chi connectivity index (χ0) is 13.2. The maximum atomic E-state index is 6.26. The van der Waals surface area contributed by atoms with Crippen LogP contribution in [-0.2, 0) is 16.7 Å². The van der Waals surface area contributed by atoms with Gasteiger partial charge in [-0.1, -0.05) is 24.7 Å². The van der Waals surface area contributed by atoms with Gasteiger partial charge in [-0.15, -0.1) is 0 Å². The number of aromatic nitrogens is 1. The number of nitrogens with two attached hydrogens (primary N) is 1. The van der Waals surface area contributed by atoms with Crippen LogP contribution in [-0.4, -0.2) is 31.3 Å². The first kappa shape index (κ1) is 13.8. The highest BCUT2D eigenvalue weighted by molar-refractivity contribution is 7.15. The lowest BCUT2D eigenvalue weighted by Crippen LogP contribution is -2.36. The van der Waals surface area contributed by atoms with Gasteiger partial charge in [-0.05, 0) is 20.3 Å². The lowest BCUT2D eigenvalue weighted by Gasteiger charge is -2.26. The minimum Gasteiger partial charge on any atom is -0.378 e. The van der Waals surface area contributed by atoms with Crippen molar-refractivity contribution in [3.8, 4) is 0 Å². The smallest absolute Gasteiger partial charge is 0.186 e. The summed E-state index contributed by atoms with van der Waals surface area (Å²) in [5.74, 6) is 0. The van der Waals surface area contributed by atoms with Crippen molar-refractivity contribution >= 4 is 16.5 Å². The summed E-state index contributed by atoms with van der Waals surface area (Å²) in [5, 5.41) is 1.11. The highest BCUT2D eigenvalue weighted by Gasteiger charge is 2.25. The molecule has 1 aromatic rings. The topological polar surface area (TPSA) is 51.4 Å². The number of hydrogen-bond donors (Lipinski definition) is 1. The quantitative estimate of drug-likeness (QED) is 0.909. The molecule has 1 aliphatic heterocycles. The summed E-state index contributed by atoms with van der Waals surface area (Å²) in [6.45, 7) is 9.76. The van der Waals surface area contributed by atoms with E-state index < -0.39 is 0 Å². The normalized spacial score (nSPS) is 17.2. The van der Waals surface area contributed by atoms with Gasteiger partial charge >= 0.3 is 0 Å². The van der Waals surface area contributed by atoms with Gasteiger partial charge in [0, 0.05) is 23.5 Å². The second-order valence-corrected chi connectivity index (χ2v) is 6.32. The molecule has 0 unspecified atom stereocenters. The van der Waals surface area contributed by atoms with Gasteiger partial charge in [0.15, 0.2) is 5.13 Å². The van der Waals surface area contributed by atoms with Crippen molar-refractivity contribution in [3.63, 3.8) is 0 Å². The van der Waals surface area contributed by atoms with Crippen LogP contribution in [0.4, 0.5) is 5.13 Å². The van der Waals surface area contributed by atoms with Crippen molar-refractivity contribution in [1.82, 2.24) is 4.98 Å².